The van der Waals surface area contributed by atoms with Gasteiger partial charge in [0.2, 0.25) is 0 Å². The molecule has 2 nitrogen and oxygen atoms in total. The van der Waals surface area contributed by atoms with Gasteiger partial charge in [0, 0.05) is 18.4 Å². The van der Waals surface area contributed by atoms with Crippen LogP contribution >= 0.6 is 12.4 Å². The van der Waals surface area contributed by atoms with E-state index >= 15 is 0 Å². The molecule has 0 aromatic carbocycles. The highest BCUT2D eigenvalue weighted by molar-refractivity contribution is 5.86. The summed E-state index contributed by atoms with van der Waals surface area (Å²) >= 11 is 0. The van der Waals surface area contributed by atoms with E-state index in [0.717, 1.165) is 12.5 Å². The van der Waals surface area contributed by atoms with Crippen molar-refractivity contribution in [3.05, 3.63) is 0 Å². The topological polar surface area (TPSA) is 20.3 Å². The molecule has 0 bridgehead atoms. The number of ketones is 1. The molecule has 3 fully saturated rings. The zero-order valence-corrected chi connectivity index (χ0v) is 12.3. The third-order valence-corrected chi connectivity index (χ3v) is 5.51. The second-order valence-corrected chi connectivity index (χ2v) is 6.43. The van der Waals surface area contributed by atoms with Crippen LogP contribution in [0.4, 0.5) is 0 Å². The quantitative estimate of drug-likeness (QED) is 0.769. The number of likely N-dealkylation sites (tertiary alicyclic amines) is 1. The highest BCUT2D eigenvalue weighted by Crippen LogP contribution is 2.46. The molecule has 0 radical (unpaired) electrons. The first-order valence-electron chi connectivity index (χ1n) is 7.53. The molecule has 3 rings (SSSR count). The van der Waals surface area contributed by atoms with Crippen molar-refractivity contribution < 1.29 is 4.79 Å². The highest BCUT2D eigenvalue weighted by Gasteiger charge is 2.48. The molecule has 3 aliphatic rings. The van der Waals surface area contributed by atoms with Crippen LogP contribution < -0.4 is 0 Å². The SMILES string of the molecule is CC1C(CN2CCCC2)C(=O)C2CCCCC21.Cl. The predicted molar refractivity (Wildman–Crippen MR) is 76.0 cm³/mol. The normalized spacial score (nSPS) is 40.6. The van der Waals surface area contributed by atoms with Crippen LogP contribution in [0.2, 0.25) is 0 Å². The van der Waals surface area contributed by atoms with Gasteiger partial charge in [-0.05, 0) is 50.6 Å². The summed E-state index contributed by atoms with van der Waals surface area (Å²) in [5.74, 6) is 2.79. The fourth-order valence-corrected chi connectivity index (χ4v) is 4.47. The van der Waals surface area contributed by atoms with Gasteiger partial charge in [-0.25, -0.2) is 0 Å². The number of carbonyl (C=O) groups is 1. The van der Waals surface area contributed by atoms with Gasteiger partial charge in [-0.2, -0.15) is 0 Å². The fourth-order valence-electron chi connectivity index (χ4n) is 4.47. The molecule has 18 heavy (non-hydrogen) atoms. The fraction of sp³-hybridized carbons (Fsp3) is 0.933. The van der Waals surface area contributed by atoms with E-state index in [1.54, 1.807) is 0 Å². The van der Waals surface area contributed by atoms with Gasteiger partial charge in [0.15, 0.2) is 0 Å². The first kappa shape index (κ1) is 14.3. The van der Waals surface area contributed by atoms with Crippen molar-refractivity contribution >= 4 is 18.2 Å². The van der Waals surface area contributed by atoms with Crippen molar-refractivity contribution in [3.63, 3.8) is 0 Å². The summed E-state index contributed by atoms with van der Waals surface area (Å²) in [6.07, 6.45) is 7.81. The number of hydrogen-bond donors (Lipinski definition) is 0. The van der Waals surface area contributed by atoms with Crippen LogP contribution in [-0.4, -0.2) is 30.3 Å². The van der Waals surface area contributed by atoms with Crippen molar-refractivity contribution in [2.24, 2.45) is 23.7 Å². The van der Waals surface area contributed by atoms with Crippen LogP contribution in [0.3, 0.4) is 0 Å². The number of Topliss-reactive ketones (excluding diaryl/α,β-unsaturated/α-hetero) is 1. The lowest BCUT2D eigenvalue weighted by atomic mass is 9.78. The second-order valence-electron chi connectivity index (χ2n) is 6.43. The zero-order valence-electron chi connectivity index (χ0n) is 11.4. The maximum absolute atomic E-state index is 12.5. The van der Waals surface area contributed by atoms with Gasteiger partial charge in [0.25, 0.3) is 0 Å². The minimum absolute atomic E-state index is 0. The molecular formula is C15H26ClNO. The summed E-state index contributed by atoms with van der Waals surface area (Å²) in [7, 11) is 0. The van der Waals surface area contributed by atoms with Gasteiger partial charge < -0.3 is 4.90 Å². The first-order chi connectivity index (χ1) is 8.27. The molecule has 4 unspecified atom stereocenters. The summed E-state index contributed by atoms with van der Waals surface area (Å²) in [6.45, 7) is 5.86. The molecule has 0 N–H and O–H groups in total. The summed E-state index contributed by atoms with van der Waals surface area (Å²) in [4.78, 5) is 15.0. The van der Waals surface area contributed by atoms with Gasteiger partial charge in [-0.1, -0.05) is 19.8 Å². The van der Waals surface area contributed by atoms with E-state index < -0.39 is 0 Å². The Balaban J connectivity index is 0.00000120. The maximum Gasteiger partial charge on any atom is 0.140 e. The van der Waals surface area contributed by atoms with E-state index in [2.05, 4.69) is 11.8 Å². The molecule has 2 saturated carbocycles. The standard InChI is InChI=1S/C15H25NO.ClH/c1-11-12-6-2-3-7-13(12)15(17)14(11)10-16-8-4-5-9-16;/h11-14H,2-10H2,1H3;1H. The van der Waals surface area contributed by atoms with Crippen LogP contribution in [0.25, 0.3) is 0 Å². The molecule has 1 heterocycles. The average molecular weight is 272 g/mol. The Morgan fingerprint density at radius 2 is 1.78 bits per heavy atom. The van der Waals surface area contributed by atoms with E-state index in [9.17, 15) is 4.79 Å². The van der Waals surface area contributed by atoms with E-state index in [1.165, 1.54) is 51.6 Å². The Morgan fingerprint density at radius 1 is 1.11 bits per heavy atom. The van der Waals surface area contributed by atoms with Gasteiger partial charge in [0.05, 0.1) is 0 Å². The Hall–Kier alpha value is -0.0800. The molecule has 0 amide bonds. The molecular weight excluding hydrogens is 246 g/mol. The summed E-state index contributed by atoms with van der Waals surface area (Å²) < 4.78 is 0. The predicted octanol–water partition coefficient (Wildman–Crippen LogP) is 3.15. The number of rotatable bonds is 2. The Bertz CT molecular complexity index is 301. The number of fused-ring (bicyclic) bond motifs is 1. The summed E-state index contributed by atoms with van der Waals surface area (Å²) in [5.41, 5.74) is 0. The third kappa shape index (κ3) is 2.46. The molecule has 0 aromatic rings. The van der Waals surface area contributed by atoms with Gasteiger partial charge in [-0.3, -0.25) is 4.79 Å². The molecule has 104 valence electrons. The van der Waals surface area contributed by atoms with Gasteiger partial charge in [-0.15, -0.1) is 12.4 Å². The van der Waals surface area contributed by atoms with Crippen LogP contribution in [0, 0.1) is 23.7 Å². The first-order valence-corrected chi connectivity index (χ1v) is 7.53. The van der Waals surface area contributed by atoms with Crippen molar-refractivity contribution in [1.29, 1.82) is 0 Å². The van der Waals surface area contributed by atoms with Crippen LogP contribution in [-0.2, 0) is 4.79 Å². The summed E-state index contributed by atoms with van der Waals surface area (Å²) in [6, 6.07) is 0. The Kier molecular flexibility index (Phi) is 4.71. The lowest BCUT2D eigenvalue weighted by molar-refractivity contribution is -0.125. The molecule has 1 aliphatic heterocycles. The van der Waals surface area contributed by atoms with Gasteiger partial charge in [0.1, 0.15) is 5.78 Å². The number of nitrogens with zero attached hydrogens (tertiary/aromatic N) is 1. The molecule has 0 spiro atoms. The second kappa shape index (κ2) is 5.92. The number of carbonyl (C=O) groups excluding carboxylic acids is 1. The van der Waals surface area contributed by atoms with Crippen LogP contribution in [0.1, 0.15) is 45.4 Å². The van der Waals surface area contributed by atoms with Crippen LogP contribution in [0.15, 0.2) is 0 Å². The molecule has 2 aliphatic carbocycles. The molecule has 3 heteroatoms. The van der Waals surface area contributed by atoms with Crippen molar-refractivity contribution in [1.82, 2.24) is 4.90 Å². The molecule has 1 saturated heterocycles. The van der Waals surface area contributed by atoms with E-state index in [4.69, 9.17) is 0 Å². The lowest BCUT2D eigenvalue weighted by Crippen LogP contribution is -2.32. The van der Waals surface area contributed by atoms with E-state index in [0.29, 0.717) is 23.5 Å². The van der Waals surface area contributed by atoms with Crippen molar-refractivity contribution in [2.75, 3.05) is 19.6 Å². The van der Waals surface area contributed by atoms with Gasteiger partial charge >= 0.3 is 0 Å². The van der Waals surface area contributed by atoms with Crippen molar-refractivity contribution in [3.8, 4) is 0 Å². The number of halogens is 1. The summed E-state index contributed by atoms with van der Waals surface area (Å²) in [5, 5.41) is 0. The van der Waals surface area contributed by atoms with E-state index in [1.807, 2.05) is 0 Å². The van der Waals surface area contributed by atoms with E-state index in [-0.39, 0.29) is 12.4 Å². The smallest absolute Gasteiger partial charge is 0.140 e. The lowest BCUT2D eigenvalue weighted by Gasteiger charge is -2.27. The average Bonchev–Trinajstić information content (AvgIpc) is 2.94. The Labute approximate surface area is 117 Å². The minimum atomic E-state index is 0. The Morgan fingerprint density at radius 3 is 2.44 bits per heavy atom. The maximum atomic E-state index is 12.5. The highest BCUT2D eigenvalue weighted by atomic mass is 35.5. The monoisotopic (exact) mass is 271 g/mol. The molecule has 0 aromatic heterocycles. The third-order valence-electron chi connectivity index (χ3n) is 5.51. The number of hydrogen-bond acceptors (Lipinski definition) is 2. The van der Waals surface area contributed by atoms with Crippen LogP contribution in [0.5, 0.6) is 0 Å². The largest absolute Gasteiger partial charge is 0.303 e. The van der Waals surface area contributed by atoms with Crippen molar-refractivity contribution in [2.45, 2.75) is 45.4 Å². The molecule has 4 atom stereocenters. The zero-order chi connectivity index (χ0) is 11.8. The minimum Gasteiger partial charge on any atom is -0.303 e.